The molecule has 0 saturated carbocycles. The Bertz CT molecular complexity index is 142. The zero-order chi connectivity index (χ0) is 9.56. The Hall–Kier alpha value is -0.770. The number of guanidine groups is 1. The topological polar surface area (TPSA) is 53.6 Å². The van der Waals surface area contributed by atoms with Crippen LogP contribution in [0.5, 0.6) is 0 Å². The van der Waals surface area contributed by atoms with Crippen LogP contribution in [0.25, 0.3) is 0 Å². The molecule has 0 heterocycles. The molecular weight excluding hydrogens is 152 g/mol. The Balaban J connectivity index is 3.77. The highest BCUT2D eigenvalue weighted by Crippen LogP contribution is 2.00. The van der Waals surface area contributed by atoms with Gasteiger partial charge in [-0.25, -0.2) is 5.84 Å². The van der Waals surface area contributed by atoms with Crippen molar-refractivity contribution in [1.29, 1.82) is 0 Å². The molecule has 0 atom stereocenters. The van der Waals surface area contributed by atoms with Crippen LogP contribution in [0.1, 0.15) is 20.3 Å². The fourth-order valence-corrected chi connectivity index (χ4v) is 0.903. The van der Waals surface area contributed by atoms with E-state index in [0.29, 0.717) is 5.92 Å². The smallest absolute Gasteiger partial charge is 0.207 e. The molecule has 0 fully saturated rings. The van der Waals surface area contributed by atoms with Crippen molar-refractivity contribution in [2.24, 2.45) is 16.8 Å². The van der Waals surface area contributed by atoms with Crippen molar-refractivity contribution >= 4 is 5.96 Å². The number of hydrazine groups is 1. The summed E-state index contributed by atoms with van der Waals surface area (Å²) in [5.41, 5.74) is 2.55. The third kappa shape index (κ3) is 4.18. The molecule has 0 rings (SSSR count). The summed E-state index contributed by atoms with van der Waals surface area (Å²) in [6.07, 6.45) is 1.15. The van der Waals surface area contributed by atoms with Crippen LogP contribution in [0.15, 0.2) is 4.99 Å². The van der Waals surface area contributed by atoms with E-state index >= 15 is 0 Å². The Morgan fingerprint density at radius 3 is 2.50 bits per heavy atom. The molecule has 0 spiro atoms. The monoisotopic (exact) mass is 172 g/mol. The highest BCUT2D eigenvalue weighted by molar-refractivity contribution is 5.78. The molecule has 4 nitrogen and oxygen atoms in total. The fourth-order valence-electron chi connectivity index (χ4n) is 0.903. The van der Waals surface area contributed by atoms with Gasteiger partial charge < -0.3 is 4.90 Å². The second-order valence-electron chi connectivity index (χ2n) is 3.30. The Labute approximate surface area is 74.8 Å². The molecule has 0 aliphatic heterocycles. The first kappa shape index (κ1) is 11.2. The lowest BCUT2D eigenvalue weighted by Crippen LogP contribution is -2.43. The van der Waals surface area contributed by atoms with Crippen LogP contribution in [-0.4, -0.2) is 31.5 Å². The fraction of sp³-hybridized carbons (Fsp3) is 0.875. The van der Waals surface area contributed by atoms with Gasteiger partial charge >= 0.3 is 0 Å². The van der Waals surface area contributed by atoms with Gasteiger partial charge in [-0.05, 0) is 12.3 Å². The zero-order valence-corrected chi connectivity index (χ0v) is 8.46. The van der Waals surface area contributed by atoms with Crippen LogP contribution in [-0.2, 0) is 0 Å². The van der Waals surface area contributed by atoms with Crippen LogP contribution < -0.4 is 11.3 Å². The minimum atomic E-state index is 0.711. The third-order valence-corrected chi connectivity index (χ3v) is 1.74. The van der Waals surface area contributed by atoms with Gasteiger partial charge in [0.05, 0.1) is 0 Å². The van der Waals surface area contributed by atoms with Gasteiger partial charge in [0.25, 0.3) is 0 Å². The number of nitrogens with two attached hydrogens (primary N) is 1. The molecule has 0 aromatic heterocycles. The summed E-state index contributed by atoms with van der Waals surface area (Å²) in [6, 6.07) is 0. The minimum Gasteiger partial charge on any atom is -0.345 e. The summed E-state index contributed by atoms with van der Waals surface area (Å²) in [5.74, 6) is 6.71. The van der Waals surface area contributed by atoms with E-state index in [1.807, 2.05) is 11.9 Å². The maximum absolute atomic E-state index is 5.27. The predicted molar refractivity (Wildman–Crippen MR) is 52.8 cm³/mol. The lowest BCUT2D eigenvalue weighted by atomic mass is 10.1. The molecule has 4 heteroatoms. The van der Waals surface area contributed by atoms with E-state index in [4.69, 9.17) is 5.84 Å². The van der Waals surface area contributed by atoms with Crippen LogP contribution in [0, 0.1) is 5.92 Å². The Morgan fingerprint density at radius 1 is 1.58 bits per heavy atom. The predicted octanol–water partition coefficient (Wildman–Crippen LogP) is 0.413. The number of hydrogen-bond acceptors (Lipinski definition) is 2. The van der Waals surface area contributed by atoms with Gasteiger partial charge in [-0.3, -0.25) is 10.4 Å². The number of nitrogens with zero attached hydrogens (tertiary/aromatic N) is 2. The summed E-state index contributed by atoms with van der Waals surface area (Å²) in [5, 5.41) is 0. The van der Waals surface area contributed by atoms with E-state index in [9.17, 15) is 0 Å². The Morgan fingerprint density at radius 2 is 2.17 bits per heavy atom. The second-order valence-corrected chi connectivity index (χ2v) is 3.30. The van der Waals surface area contributed by atoms with Crippen LogP contribution in [0.2, 0.25) is 0 Å². The number of nitrogens with one attached hydrogen (secondary N) is 1. The molecule has 72 valence electrons. The normalized spacial score (nSPS) is 12.0. The largest absolute Gasteiger partial charge is 0.345 e. The van der Waals surface area contributed by atoms with Crippen LogP contribution in [0.3, 0.4) is 0 Å². The highest BCUT2D eigenvalue weighted by atomic mass is 15.4. The van der Waals surface area contributed by atoms with Crippen molar-refractivity contribution in [3.8, 4) is 0 Å². The van der Waals surface area contributed by atoms with Gasteiger partial charge in [-0.1, -0.05) is 13.8 Å². The van der Waals surface area contributed by atoms with Gasteiger partial charge in [0.2, 0.25) is 5.96 Å². The SMILES string of the molecule is CN=C(NN)N(C)CCC(C)C. The number of hydrogen-bond donors (Lipinski definition) is 2. The molecule has 0 amide bonds. The summed E-state index contributed by atoms with van der Waals surface area (Å²) in [6.45, 7) is 5.38. The molecule has 0 aliphatic rings. The van der Waals surface area contributed by atoms with Crippen molar-refractivity contribution < 1.29 is 0 Å². The van der Waals surface area contributed by atoms with Crippen molar-refractivity contribution in [1.82, 2.24) is 10.3 Å². The van der Waals surface area contributed by atoms with E-state index in [1.54, 1.807) is 7.05 Å². The maximum Gasteiger partial charge on any atom is 0.207 e. The van der Waals surface area contributed by atoms with Crippen molar-refractivity contribution in [3.05, 3.63) is 0 Å². The van der Waals surface area contributed by atoms with Gasteiger partial charge in [-0.15, -0.1) is 0 Å². The van der Waals surface area contributed by atoms with E-state index < -0.39 is 0 Å². The van der Waals surface area contributed by atoms with E-state index in [-0.39, 0.29) is 0 Å². The average molecular weight is 172 g/mol. The van der Waals surface area contributed by atoms with E-state index in [0.717, 1.165) is 18.9 Å². The van der Waals surface area contributed by atoms with Gasteiger partial charge in [-0.2, -0.15) is 0 Å². The second kappa shape index (κ2) is 5.83. The molecule has 0 aromatic carbocycles. The molecule has 0 aliphatic carbocycles. The molecule has 3 N–H and O–H groups in total. The van der Waals surface area contributed by atoms with Gasteiger partial charge in [0.15, 0.2) is 0 Å². The minimum absolute atomic E-state index is 0.711. The van der Waals surface area contributed by atoms with Crippen LogP contribution in [0.4, 0.5) is 0 Å². The van der Waals surface area contributed by atoms with Gasteiger partial charge in [0, 0.05) is 20.6 Å². The molecular formula is C8H20N4. The molecule has 0 aromatic rings. The van der Waals surface area contributed by atoms with Gasteiger partial charge in [0.1, 0.15) is 0 Å². The standard InChI is InChI=1S/C8H20N4/c1-7(2)5-6-12(4)8(10-3)11-9/h7H,5-6,9H2,1-4H3,(H,10,11). The summed E-state index contributed by atoms with van der Waals surface area (Å²) in [7, 11) is 3.70. The quantitative estimate of drug-likeness (QED) is 0.281. The number of rotatable bonds is 3. The molecule has 0 bridgehead atoms. The summed E-state index contributed by atoms with van der Waals surface area (Å²) in [4.78, 5) is 6.00. The van der Waals surface area contributed by atoms with Crippen molar-refractivity contribution in [2.45, 2.75) is 20.3 Å². The number of aliphatic imine (C=N–C) groups is 1. The lowest BCUT2D eigenvalue weighted by Gasteiger charge is -2.20. The summed E-state index contributed by atoms with van der Waals surface area (Å²) < 4.78 is 0. The summed E-state index contributed by atoms with van der Waals surface area (Å²) >= 11 is 0. The first-order chi connectivity index (χ1) is 5.61. The molecule has 0 radical (unpaired) electrons. The maximum atomic E-state index is 5.27. The lowest BCUT2D eigenvalue weighted by molar-refractivity contribution is 0.425. The van der Waals surface area contributed by atoms with Crippen molar-refractivity contribution in [3.63, 3.8) is 0 Å². The van der Waals surface area contributed by atoms with E-state index in [1.165, 1.54) is 0 Å². The highest BCUT2D eigenvalue weighted by Gasteiger charge is 2.03. The molecule has 12 heavy (non-hydrogen) atoms. The first-order valence-corrected chi connectivity index (χ1v) is 4.26. The Kier molecular flexibility index (Phi) is 5.45. The molecule has 0 saturated heterocycles. The zero-order valence-electron chi connectivity index (χ0n) is 8.46. The molecule has 0 unspecified atom stereocenters. The van der Waals surface area contributed by atoms with E-state index in [2.05, 4.69) is 24.3 Å². The first-order valence-electron chi connectivity index (χ1n) is 4.26. The third-order valence-electron chi connectivity index (χ3n) is 1.74. The van der Waals surface area contributed by atoms with Crippen molar-refractivity contribution in [2.75, 3.05) is 20.6 Å². The van der Waals surface area contributed by atoms with Crippen LogP contribution >= 0.6 is 0 Å². The average Bonchev–Trinajstić information content (AvgIpc) is 2.03.